The van der Waals surface area contributed by atoms with Gasteiger partial charge in [-0.2, -0.15) is 0 Å². The molecule has 0 radical (unpaired) electrons. The molecule has 2 aliphatic carbocycles. The third kappa shape index (κ3) is 6.39. The van der Waals surface area contributed by atoms with Gasteiger partial charge in [-0.05, 0) is 69.1 Å². The van der Waals surface area contributed by atoms with Crippen molar-refractivity contribution in [2.75, 3.05) is 10.6 Å². The summed E-state index contributed by atoms with van der Waals surface area (Å²) < 4.78 is 13.9. The van der Waals surface area contributed by atoms with Crippen LogP contribution in [0.1, 0.15) is 71.5 Å². The maximum atomic E-state index is 13.9. The minimum Gasteiger partial charge on any atom is -0.367 e. The number of rotatable bonds is 8. The molecule has 6 heteroatoms. The molecule has 0 bridgehead atoms. The summed E-state index contributed by atoms with van der Waals surface area (Å²) in [6.07, 6.45) is 13.2. The van der Waals surface area contributed by atoms with Crippen LogP contribution >= 0.6 is 0 Å². The maximum absolute atomic E-state index is 13.9. The summed E-state index contributed by atoms with van der Waals surface area (Å²) in [5.74, 6) is 2.88. The Morgan fingerprint density at radius 1 is 1.10 bits per heavy atom. The highest BCUT2D eigenvalue weighted by atomic mass is 19.1. The van der Waals surface area contributed by atoms with Crippen LogP contribution in [0.2, 0.25) is 0 Å². The Morgan fingerprint density at radius 3 is 2.50 bits per heavy atom. The van der Waals surface area contributed by atoms with Crippen LogP contribution in [-0.2, 0) is 6.42 Å². The predicted octanol–water partition coefficient (Wildman–Crippen LogP) is 5.64. The van der Waals surface area contributed by atoms with Crippen molar-refractivity contribution in [3.05, 3.63) is 47.2 Å². The summed E-state index contributed by atoms with van der Waals surface area (Å²) in [7, 11) is 0. The van der Waals surface area contributed by atoms with Crippen LogP contribution in [-0.4, -0.2) is 22.1 Å². The van der Waals surface area contributed by atoms with E-state index in [1.165, 1.54) is 0 Å². The van der Waals surface area contributed by atoms with Gasteiger partial charge in [-0.3, -0.25) is 0 Å². The molecule has 1 aromatic rings. The third-order valence-corrected chi connectivity index (χ3v) is 6.17. The van der Waals surface area contributed by atoms with E-state index in [1.54, 1.807) is 19.1 Å². The molecule has 5 nitrogen and oxygen atoms in total. The van der Waals surface area contributed by atoms with E-state index in [0.29, 0.717) is 30.0 Å². The van der Waals surface area contributed by atoms with Gasteiger partial charge in [0.25, 0.3) is 0 Å². The zero-order valence-corrected chi connectivity index (χ0v) is 18.5. The average molecular weight is 414 g/mol. The lowest BCUT2D eigenvalue weighted by Crippen LogP contribution is -2.27. The minimum absolute atomic E-state index is 0.168. The molecule has 0 amide bonds. The summed E-state index contributed by atoms with van der Waals surface area (Å²) in [5.41, 5.74) is 7.63. The molecule has 0 atom stereocenters. The average Bonchev–Trinajstić information content (AvgIpc) is 2.89. The molecule has 0 unspecified atom stereocenters. The van der Waals surface area contributed by atoms with Gasteiger partial charge in [0.15, 0.2) is 0 Å². The number of hydrogen-bond acceptors (Lipinski definition) is 5. The van der Waals surface area contributed by atoms with Gasteiger partial charge in [-0.15, -0.1) is 0 Å². The summed E-state index contributed by atoms with van der Waals surface area (Å²) in [6.45, 7) is 6.14. The fourth-order valence-electron chi connectivity index (χ4n) is 4.07. The van der Waals surface area contributed by atoms with E-state index in [0.717, 1.165) is 68.1 Å². The first-order valence-electron chi connectivity index (χ1n) is 11.4. The summed E-state index contributed by atoms with van der Waals surface area (Å²) in [4.78, 5) is 9.62. The molecule has 0 aliphatic heterocycles. The van der Waals surface area contributed by atoms with Crippen LogP contribution in [0.5, 0.6) is 0 Å². The van der Waals surface area contributed by atoms with Gasteiger partial charge in [0.2, 0.25) is 0 Å². The van der Waals surface area contributed by atoms with Crippen molar-refractivity contribution in [2.45, 2.75) is 84.2 Å². The molecule has 2 aliphatic rings. The minimum atomic E-state index is -0.168. The summed E-state index contributed by atoms with van der Waals surface area (Å²) in [5, 5.41) is 6.94. The van der Waals surface area contributed by atoms with Crippen molar-refractivity contribution < 1.29 is 4.39 Å². The maximum Gasteiger partial charge on any atom is 0.135 e. The molecule has 1 saturated carbocycles. The number of hydrogen-bond donors (Lipinski definition) is 3. The van der Waals surface area contributed by atoms with Gasteiger partial charge in [0, 0.05) is 36.7 Å². The normalized spacial score (nSPS) is 22.1. The molecule has 1 heterocycles. The number of halogens is 1. The van der Waals surface area contributed by atoms with Gasteiger partial charge >= 0.3 is 0 Å². The van der Waals surface area contributed by atoms with Crippen molar-refractivity contribution in [2.24, 2.45) is 11.7 Å². The second-order valence-electron chi connectivity index (χ2n) is 8.62. The van der Waals surface area contributed by atoms with Crippen molar-refractivity contribution in [3.8, 4) is 0 Å². The molecule has 4 N–H and O–H groups in total. The molecule has 164 valence electrons. The summed E-state index contributed by atoms with van der Waals surface area (Å²) in [6, 6.07) is 2.68. The Balaban J connectivity index is 1.80. The van der Waals surface area contributed by atoms with Gasteiger partial charge in [0.05, 0.1) is 0 Å². The second-order valence-corrected chi connectivity index (χ2v) is 8.62. The second kappa shape index (κ2) is 10.7. The van der Waals surface area contributed by atoms with E-state index in [1.807, 2.05) is 12.1 Å². The Hall–Kier alpha value is -2.21. The van der Waals surface area contributed by atoms with Crippen LogP contribution in [0.4, 0.5) is 16.0 Å². The SMILES string of the molecule is CCC(CC)Nc1cc(NC2=CC=C(C)C(F)=CC2)nc(CC2CCC(N)CC2)n1. The Labute approximate surface area is 180 Å². The Bertz CT molecular complexity index is 802. The topological polar surface area (TPSA) is 75.9 Å². The van der Waals surface area contributed by atoms with Crippen molar-refractivity contribution >= 4 is 11.6 Å². The number of aromatic nitrogens is 2. The van der Waals surface area contributed by atoms with E-state index in [2.05, 4.69) is 24.5 Å². The molecule has 30 heavy (non-hydrogen) atoms. The van der Waals surface area contributed by atoms with Crippen molar-refractivity contribution in [1.82, 2.24) is 9.97 Å². The van der Waals surface area contributed by atoms with Crippen LogP contribution in [0, 0.1) is 5.92 Å². The monoisotopic (exact) mass is 413 g/mol. The first-order valence-corrected chi connectivity index (χ1v) is 11.4. The van der Waals surface area contributed by atoms with Crippen LogP contribution in [0.15, 0.2) is 41.4 Å². The van der Waals surface area contributed by atoms with Gasteiger partial charge in [-0.1, -0.05) is 19.9 Å². The van der Waals surface area contributed by atoms with Gasteiger partial charge < -0.3 is 16.4 Å². The fraction of sp³-hybridized carbons (Fsp3) is 0.583. The molecule has 1 aromatic heterocycles. The molecule has 1 fully saturated rings. The van der Waals surface area contributed by atoms with E-state index in [4.69, 9.17) is 15.7 Å². The first kappa shape index (κ1) is 22.5. The number of nitrogens with zero attached hydrogens (tertiary/aromatic N) is 2. The summed E-state index contributed by atoms with van der Waals surface area (Å²) >= 11 is 0. The highest BCUT2D eigenvalue weighted by molar-refractivity contribution is 5.52. The Morgan fingerprint density at radius 2 is 1.80 bits per heavy atom. The molecule has 0 spiro atoms. The quantitative estimate of drug-likeness (QED) is 0.514. The fourth-order valence-corrected chi connectivity index (χ4v) is 4.07. The molecule has 3 rings (SSSR count). The van der Waals surface area contributed by atoms with Gasteiger partial charge in [-0.25, -0.2) is 14.4 Å². The van der Waals surface area contributed by atoms with E-state index < -0.39 is 0 Å². The van der Waals surface area contributed by atoms with Crippen LogP contribution in [0.25, 0.3) is 0 Å². The predicted molar refractivity (Wildman–Crippen MR) is 123 cm³/mol. The molecule has 0 saturated heterocycles. The number of allylic oxidation sites excluding steroid dienone is 5. The Kier molecular flexibility index (Phi) is 8.02. The lowest BCUT2D eigenvalue weighted by molar-refractivity contribution is 0.321. The van der Waals surface area contributed by atoms with Crippen LogP contribution < -0.4 is 16.4 Å². The van der Waals surface area contributed by atoms with E-state index in [9.17, 15) is 4.39 Å². The number of nitrogens with two attached hydrogens (primary N) is 1. The molecular formula is C24H36FN5. The highest BCUT2D eigenvalue weighted by Gasteiger charge is 2.20. The lowest BCUT2D eigenvalue weighted by Gasteiger charge is -2.26. The van der Waals surface area contributed by atoms with Crippen molar-refractivity contribution in [1.29, 1.82) is 0 Å². The lowest BCUT2D eigenvalue weighted by atomic mass is 9.84. The third-order valence-electron chi connectivity index (χ3n) is 6.17. The van der Waals surface area contributed by atoms with Gasteiger partial charge in [0.1, 0.15) is 23.3 Å². The number of nitrogens with one attached hydrogen (secondary N) is 2. The van der Waals surface area contributed by atoms with E-state index in [-0.39, 0.29) is 5.83 Å². The first-order chi connectivity index (χ1) is 14.5. The smallest absolute Gasteiger partial charge is 0.135 e. The standard InChI is InChI=1S/C24H36FN5/c1-4-19(5-2)27-23-15-24(28-20-11-6-16(3)21(25)13-12-20)30-22(29-23)14-17-7-9-18(26)10-8-17/h6,11,13,15,17-19H,4-5,7-10,12,14,26H2,1-3H3,(H2,27,28,29,30). The number of anilines is 2. The molecule has 0 aromatic carbocycles. The largest absolute Gasteiger partial charge is 0.367 e. The van der Waals surface area contributed by atoms with Crippen molar-refractivity contribution in [3.63, 3.8) is 0 Å². The zero-order valence-electron chi connectivity index (χ0n) is 18.5. The zero-order chi connectivity index (χ0) is 21.5. The molecular weight excluding hydrogens is 377 g/mol. The highest BCUT2D eigenvalue weighted by Crippen LogP contribution is 2.27. The van der Waals surface area contributed by atoms with E-state index >= 15 is 0 Å². The van der Waals surface area contributed by atoms with Crippen LogP contribution in [0.3, 0.4) is 0 Å².